The Balaban J connectivity index is 1.66. The van der Waals surface area contributed by atoms with Crippen molar-refractivity contribution in [1.82, 2.24) is 14.8 Å². The number of amides is 2. The van der Waals surface area contributed by atoms with Crippen LogP contribution < -0.4 is 0 Å². The maximum atomic E-state index is 13.3. The van der Waals surface area contributed by atoms with E-state index in [-0.39, 0.29) is 11.6 Å². The van der Waals surface area contributed by atoms with Gasteiger partial charge in [0.05, 0.1) is 0 Å². The molecule has 0 spiro atoms. The quantitative estimate of drug-likeness (QED) is 0.844. The summed E-state index contributed by atoms with van der Waals surface area (Å²) < 4.78 is 32.0. The number of fused-ring (bicyclic) bond motifs is 1. The molecular weight excluding hydrogens is 344 g/mol. The van der Waals surface area contributed by atoms with Crippen molar-refractivity contribution in [2.24, 2.45) is 0 Å². The Morgan fingerprint density at radius 2 is 1.58 bits per heavy atom. The number of aromatic amines is 1. The van der Waals surface area contributed by atoms with E-state index >= 15 is 0 Å². The minimum absolute atomic E-state index is 0.260. The Hall–Kier alpha value is -2.64. The number of carbonyl (C=O) groups excluding carboxylic acids is 2. The Kier molecular flexibility index (Phi) is 4.60. The van der Waals surface area contributed by atoms with E-state index in [1.807, 2.05) is 0 Å². The fraction of sp³-hybridized carbons (Fsp3) is 0.444. The molecule has 1 saturated heterocycles. The van der Waals surface area contributed by atoms with Crippen LogP contribution in [0.25, 0.3) is 10.9 Å². The SMILES string of the molecule is CC(C)(C)OC(=O)N1CCN(C(=O)c2cc3cc(F)c(F)cc3[nH]2)CC1. The molecule has 1 aliphatic rings. The third kappa shape index (κ3) is 3.79. The number of carbonyl (C=O) groups is 2. The first-order valence-electron chi connectivity index (χ1n) is 8.39. The first kappa shape index (κ1) is 18.2. The van der Waals surface area contributed by atoms with Gasteiger partial charge in [-0.05, 0) is 32.9 Å². The van der Waals surface area contributed by atoms with Crippen LogP contribution >= 0.6 is 0 Å². The van der Waals surface area contributed by atoms with Gasteiger partial charge in [-0.2, -0.15) is 0 Å². The average molecular weight is 365 g/mol. The Morgan fingerprint density at radius 3 is 2.19 bits per heavy atom. The lowest BCUT2D eigenvalue weighted by molar-refractivity contribution is 0.0140. The van der Waals surface area contributed by atoms with Crippen LogP contribution in [0.5, 0.6) is 0 Å². The van der Waals surface area contributed by atoms with Crippen LogP contribution in [0.15, 0.2) is 18.2 Å². The van der Waals surface area contributed by atoms with Gasteiger partial charge < -0.3 is 19.5 Å². The summed E-state index contributed by atoms with van der Waals surface area (Å²) in [5.41, 5.74) is 0.0502. The van der Waals surface area contributed by atoms with Crippen LogP contribution in [0.4, 0.5) is 13.6 Å². The van der Waals surface area contributed by atoms with Crippen LogP contribution in [-0.2, 0) is 4.74 Å². The highest BCUT2D eigenvalue weighted by molar-refractivity contribution is 5.98. The van der Waals surface area contributed by atoms with Crippen molar-refractivity contribution < 1.29 is 23.1 Å². The highest BCUT2D eigenvalue weighted by Gasteiger charge is 2.28. The highest BCUT2D eigenvalue weighted by Crippen LogP contribution is 2.21. The maximum Gasteiger partial charge on any atom is 0.410 e. The summed E-state index contributed by atoms with van der Waals surface area (Å²) in [5.74, 6) is -2.20. The van der Waals surface area contributed by atoms with Crippen molar-refractivity contribution in [3.63, 3.8) is 0 Å². The van der Waals surface area contributed by atoms with E-state index in [1.165, 1.54) is 6.07 Å². The molecule has 2 heterocycles. The van der Waals surface area contributed by atoms with Gasteiger partial charge in [-0.3, -0.25) is 4.79 Å². The second-order valence-corrected chi connectivity index (χ2v) is 7.30. The summed E-state index contributed by atoms with van der Waals surface area (Å²) in [5, 5.41) is 0.430. The van der Waals surface area contributed by atoms with Crippen molar-refractivity contribution in [2.75, 3.05) is 26.2 Å². The number of halogens is 2. The summed E-state index contributed by atoms with van der Waals surface area (Å²) in [7, 11) is 0. The van der Waals surface area contributed by atoms with Gasteiger partial charge in [0.15, 0.2) is 11.6 Å². The van der Waals surface area contributed by atoms with Crippen molar-refractivity contribution in [2.45, 2.75) is 26.4 Å². The monoisotopic (exact) mass is 365 g/mol. The fourth-order valence-corrected chi connectivity index (χ4v) is 2.83. The fourth-order valence-electron chi connectivity index (χ4n) is 2.83. The maximum absolute atomic E-state index is 13.3. The van der Waals surface area contributed by atoms with E-state index in [9.17, 15) is 18.4 Å². The van der Waals surface area contributed by atoms with E-state index in [1.54, 1.807) is 30.6 Å². The molecule has 0 atom stereocenters. The van der Waals surface area contributed by atoms with Crippen LogP contribution in [-0.4, -0.2) is 58.6 Å². The minimum Gasteiger partial charge on any atom is -0.444 e. The number of benzene rings is 1. The third-order valence-electron chi connectivity index (χ3n) is 4.11. The largest absolute Gasteiger partial charge is 0.444 e. The number of nitrogens with zero attached hydrogens (tertiary/aromatic N) is 2. The molecule has 1 aromatic carbocycles. The summed E-state index contributed by atoms with van der Waals surface area (Å²) in [6, 6.07) is 3.58. The zero-order chi connectivity index (χ0) is 19.1. The van der Waals surface area contributed by atoms with E-state index in [2.05, 4.69) is 4.98 Å². The van der Waals surface area contributed by atoms with Gasteiger partial charge in [0.1, 0.15) is 11.3 Å². The molecule has 1 fully saturated rings. The number of piperazine rings is 1. The van der Waals surface area contributed by atoms with Gasteiger partial charge in [-0.1, -0.05) is 0 Å². The predicted molar refractivity (Wildman–Crippen MR) is 91.9 cm³/mol. The number of nitrogens with one attached hydrogen (secondary N) is 1. The third-order valence-corrected chi connectivity index (χ3v) is 4.11. The second-order valence-electron chi connectivity index (χ2n) is 7.30. The predicted octanol–water partition coefficient (Wildman–Crippen LogP) is 3.14. The number of ether oxygens (including phenoxy) is 1. The first-order valence-corrected chi connectivity index (χ1v) is 8.39. The van der Waals surface area contributed by atoms with Crippen LogP contribution in [0.3, 0.4) is 0 Å². The lowest BCUT2D eigenvalue weighted by Gasteiger charge is -2.35. The van der Waals surface area contributed by atoms with Crippen molar-refractivity contribution >= 4 is 22.9 Å². The zero-order valence-corrected chi connectivity index (χ0v) is 14.9. The second kappa shape index (κ2) is 6.59. The topological polar surface area (TPSA) is 65.6 Å². The molecule has 2 aromatic rings. The smallest absolute Gasteiger partial charge is 0.410 e. The van der Waals surface area contributed by atoms with Gasteiger partial charge >= 0.3 is 6.09 Å². The molecule has 1 aliphatic heterocycles. The molecule has 0 bridgehead atoms. The first-order chi connectivity index (χ1) is 12.1. The molecule has 26 heavy (non-hydrogen) atoms. The molecule has 6 nitrogen and oxygen atoms in total. The molecule has 3 rings (SSSR count). The van der Waals surface area contributed by atoms with Crippen LogP contribution in [0, 0.1) is 11.6 Å². The van der Waals surface area contributed by atoms with E-state index < -0.39 is 23.3 Å². The Morgan fingerprint density at radius 1 is 1.00 bits per heavy atom. The Labute approximate surface area is 149 Å². The van der Waals surface area contributed by atoms with Crippen molar-refractivity contribution in [1.29, 1.82) is 0 Å². The summed E-state index contributed by atoms with van der Waals surface area (Å²) in [4.78, 5) is 30.7. The Bertz CT molecular complexity index is 810. The van der Waals surface area contributed by atoms with Gasteiger partial charge in [-0.15, -0.1) is 0 Å². The van der Waals surface area contributed by atoms with Gasteiger partial charge in [0, 0.05) is 43.1 Å². The normalized spacial score (nSPS) is 15.4. The summed E-state index contributed by atoms with van der Waals surface area (Å²) >= 11 is 0. The molecule has 0 saturated carbocycles. The number of hydrogen-bond donors (Lipinski definition) is 1. The number of hydrogen-bond acceptors (Lipinski definition) is 3. The van der Waals surface area contributed by atoms with Crippen molar-refractivity contribution in [3.05, 3.63) is 35.5 Å². The molecule has 0 aliphatic carbocycles. The molecule has 1 N–H and O–H groups in total. The molecule has 1 aromatic heterocycles. The molecule has 140 valence electrons. The molecule has 0 radical (unpaired) electrons. The zero-order valence-electron chi connectivity index (χ0n) is 14.9. The lowest BCUT2D eigenvalue weighted by atomic mass is 10.2. The van der Waals surface area contributed by atoms with Crippen LogP contribution in [0.1, 0.15) is 31.3 Å². The molecular formula is C18H21F2N3O3. The summed E-state index contributed by atoms with van der Waals surface area (Å²) in [6.45, 7) is 6.84. The standard InChI is InChI=1S/C18H21F2N3O3/c1-18(2,3)26-17(25)23-6-4-22(5-7-23)16(24)15-9-11-8-12(19)13(20)10-14(11)21-15/h8-10,21H,4-7H2,1-3H3. The molecule has 2 amide bonds. The van der Waals surface area contributed by atoms with Crippen molar-refractivity contribution in [3.8, 4) is 0 Å². The average Bonchev–Trinajstić information content (AvgIpc) is 2.96. The van der Waals surface area contributed by atoms with E-state index in [4.69, 9.17) is 4.74 Å². The number of H-pyrrole nitrogens is 1. The number of rotatable bonds is 1. The number of aromatic nitrogens is 1. The van der Waals surface area contributed by atoms with E-state index in [0.29, 0.717) is 37.1 Å². The lowest BCUT2D eigenvalue weighted by Crippen LogP contribution is -2.51. The van der Waals surface area contributed by atoms with Gasteiger partial charge in [-0.25, -0.2) is 13.6 Å². The molecule has 8 heteroatoms. The summed E-state index contributed by atoms with van der Waals surface area (Å²) in [6.07, 6.45) is -0.402. The minimum atomic E-state index is -0.968. The van der Waals surface area contributed by atoms with Crippen LogP contribution in [0.2, 0.25) is 0 Å². The van der Waals surface area contributed by atoms with Gasteiger partial charge in [0.2, 0.25) is 0 Å². The molecule has 0 unspecified atom stereocenters. The highest BCUT2D eigenvalue weighted by atomic mass is 19.2. The van der Waals surface area contributed by atoms with E-state index in [0.717, 1.165) is 12.1 Å². The van der Waals surface area contributed by atoms with Gasteiger partial charge in [0.25, 0.3) is 5.91 Å².